The van der Waals surface area contributed by atoms with Crippen LogP contribution in [0.25, 0.3) is 0 Å². The molecule has 1 aromatic rings. The van der Waals surface area contributed by atoms with Crippen LogP contribution in [-0.4, -0.2) is 14.8 Å². The van der Waals surface area contributed by atoms with Gasteiger partial charge in [0.05, 0.1) is 0 Å². The van der Waals surface area contributed by atoms with Crippen LogP contribution in [0.2, 0.25) is 0 Å². The van der Waals surface area contributed by atoms with Gasteiger partial charge in [-0.1, -0.05) is 18.9 Å². The summed E-state index contributed by atoms with van der Waals surface area (Å²) in [4.78, 5) is 0. The molecule has 1 heterocycles. The van der Waals surface area contributed by atoms with Gasteiger partial charge >= 0.3 is 0 Å². The van der Waals surface area contributed by atoms with E-state index in [0.29, 0.717) is 11.8 Å². The Bertz CT molecular complexity index is 506. The van der Waals surface area contributed by atoms with Crippen molar-refractivity contribution in [3.05, 3.63) is 35.6 Å². The quantitative estimate of drug-likeness (QED) is 0.906. The van der Waals surface area contributed by atoms with E-state index in [1.165, 1.54) is 31.3 Å². The van der Waals surface area contributed by atoms with Crippen LogP contribution in [-0.2, 0) is 7.05 Å². The van der Waals surface area contributed by atoms with Gasteiger partial charge in [-0.3, -0.25) is 0 Å². The van der Waals surface area contributed by atoms with E-state index in [1.54, 1.807) is 6.33 Å². The molecular formula is C15H22N4. The lowest BCUT2D eigenvalue weighted by atomic mass is 9.81. The third-order valence-electron chi connectivity index (χ3n) is 4.42. The van der Waals surface area contributed by atoms with Crippen LogP contribution in [0.15, 0.2) is 29.7 Å². The Balaban J connectivity index is 1.97. The van der Waals surface area contributed by atoms with Crippen LogP contribution in [0.3, 0.4) is 0 Å². The zero-order valence-corrected chi connectivity index (χ0v) is 11.5. The molecule has 1 atom stereocenters. The van der Waals surface area contributed by atoms with Crippen LogP contribution in [0.5, 0.6) is 0 Å². The minimum absolute atomic E-state index is 0.369. The molecule has 1 aromatic heterocycles. The maximum atomic E-state index is 6.03. The first-order valence-corrected chi connectivity index (χ1v) is 7.25. The highest BCUT2D eigenvalue weighted by atomic mass is 15.2. The normalized spacial score (nSPS) is 22.2. The highest BCUT2D eigenvalue weighted by molar-refractivity contribution is 5.35. The Labute approximate surface area is 114 Å². The van der Waals surface area contributed by atoms with Crippen molar-refractivity contribution in [2.45, 2.75) is 44.4 Å². The third kappa shape index (κ3) is 2.44. The molecule has 1 fully saturated rings. The zero-order valence-electron chi connectivity index (χ0n) is 11.5. The van der Waals surface area contributed by atoms with Gasteiger partial charge in [0, 0.05) is 18.7 Å². The fourth-order valence-corrected chi connectivity index (χ4v) is 3.46. The van der Waals surface area contributed by atoms with Crippen molar-refractivity contribution >= 4 is 0 Å². The average Bonchev–Trinajstić information content (AvgIpc) is 3.03. The summed E-state index contributed by atoms with van der Waals surface area (Å²) in [5, 5.41) is 8.42. The third-order valence-corrected chi connectivity index (χ3v) is 4.42. The van der Waals surface area contributed by atoms with Gasteiger partial charge in [0.2, 0.25) is 0 Å². The summed E-state index contributed by atoms with van der Waals surface area (Å²) in [5.41, 5.74) is 8.39. The summed E-state index contributed by atoms with van der Waals surface area (Å²) in [6.45, 7) is 0. The van der Waals surface area contributed by atoms with Crippen molar-refractivity contribution in [2.24, 2.45) is 18.7 Å². The van der Waals surface area contributed by atoms with E-state index in [-0.39, 0.29) is 0 Å². The molecule has 2 aliphatic carbocycles. The number of hydrogen-bond acceptors (Lipinski definition) is 3. The van der Waals surface area contributed by atoms with E-state index in [2.05, 4.69) is 26.9 Å². The second-order valence-electron chi connectivity index (χ2n) is 5.78. The average molecular weight is 258 g/mol. The molecule has 3 rings (SSSR count). The number of rotatable bonds is 3. The van der Waals surface area contributed by atoms with Crippen molar-refractivity contribution in [2.75, 3.05) is 0 Å². The molecule has 4 nitrogen and oxygen atoms in total. The smallest absolute Gasteiger partial charge is 0.140 e. The molecule has 0 aromatic carbocycles. The van der Waals surface area contributed by atoms with Crippen LogP contribution in [0, 0.1) is 5.92 Å². The van der Waals surface area contributed by atoms with Gasteiger partial charge in [-0.25, -0.2) is 0 Å². The van der Waals surface area contributed by atoms with Gasteiger partial charge in [0.25, 0.3) is 0 Å². The summed E-state index contributed by atoms with van der Waals surface area (Å²) >= 11 is 0. The summed E-state index contributed by atoms with van der Waals surface area (Å²) < 4.78 is 2.06. The highest BCUT2D eigenvalue weighted by Crippen LogP contribution is 2.42. The molecule has 0 radical (unpaired) electrons. The molecule has 2 N–H and O–H groups in total. The maximum absolute atomic E-state index is 6.03. The number of aromatic nitrogens is 3. The van der Waals surface area contributed by atoms with Gasteiger partial charge in [0.1, 0.15) is 12.2 Å². The second kappa shape index (κ2) is 5.19. The Morgan fingerprint density at radius 3 is 2.79 bits per heavy atom. The van der Waals surface area contributed by atoms with E-state index in [9.17, 15) is 0 Å². The van der Waals surface area contributed by atoms with E-state index < -0.39 is 0 Å². The molecule has 102 valence electrons. The van der Waals surface area contributed by atoms with Gasteiger partial charge in [-0.2, -0.15) is 0 Å². The number of aryl methyl sites for hydroxylation is 1. The minimum Gasteiger partial charge on any atom is -0.402 e. The molecule has 0 amide bonds. The monoisotopic (exact) mass is 258 g/mol. The van der Waals surface area contributed by atoms with Gasteiger partial charge in [-0.15, -0.1) is 10.2 Å². The van der Waals surface area contributed by atoms with Gasteiger partial charge < -0.3 is 10.3 Å². The SMILES string of the molecule is Cn1cnnc1C(C1=CCCC(N)=C1)C1CCCC1. The van der Waals surface area contributed by atoms with Gasteiger partial charge in [0.15, 0.2) is 0 Å². The molecule has 1 unspecified atom stereocenters. The molecule has 0 aliphatic heterocycles. The van der Waals surface area contributed by atoms with Crippen molar-refractivity contribution in [3.63, 3.8) is 0 Å². The van der Waals surface area contributed by atoms with Crippen LogP contribution in [0.4, 0.5) is 0 Å². The number of hydrogen-bond donors (Lipinski definition) is 1. The first kappa shape index (κ1) is 12.5. The van der Waals surface area contributed by atoms with E-state index in [0.717, 1.165) is 24.4 Å². The summed E-state index contributed by atoms with van der Waals surface area (Å²) in [6, 6.07) is 0. The first-order valence-electron chi connectivity index (χ1n) is 7.25. The standard InChI is InChI=1S/C15H22N4/c1-19-10-17-18-15(19)14(11-5-2-3-6-11)12-7-4-8-13(16)9-12/h7,9-11,14H,2-6,8,16H2,1H3. The molecule has 1 saturated carbocycles. The van der Waals surface area contributed by atoms with Crippen LogP contribution in [0.1, 0.15) is 50.3 Å². The van der Waals surface area contributed by atoms with Crippen molar-refractivity contribution < 1.29 is 0 Å². The summed E-state index contributed by atoms with van der Waals surface area (Å²) in [5.74, 6) is 2.15. The summed E-state index contributed by atoms with van der Waals surface area (Å²) in [6.07, 6.45) is 13.6. The number of nitrogens with zero attached hydrogens (tertiary/aromatic N) is 3. The maximum Gasteiger partial charge on any atom is 0.140 e. The molecule has 0 saturated heterocycles. The minimum atomic E-state index is 0.369. The number of nitrogens with two attached hydrogens (primary N) is 1. The molecular weight excluding hydrogens is 236 g/mol. The molecule has 0 bridgehead atoms. The molecule has 4 heteroatoms. The van der Waals surface area contributed by atoms with Crippen LogP contribution >= 0.6 is 0 Å². The predicted octanol–water partition coefficient (Wildman–Crippen LogP) is 2.65. The summed E-state index contributed by atoms with van der Waals surface area (Å²) in [7, 11) is 2.04. The predicted molar refractivity (Wildman–Crippen MR) is 75.3 cm³/mol. The van der Waals surface area contributed by atoms with Crippen molar-refractivity contribution in [1.82, 2.24) is 14.8 Å². The first-order chi connectivity index (χ1) is 9.25. The Kier molecular flexibility index (Phi) is 3.40. The second-order valence-corrected chi connectivity index (χ2v) is 5.78. The van der Waals surface area contributed by atoms with Crippen LogP contribution < -0.4 is 5.73 Å². The Hall–Kier alpha value is -1.58. The van der Waals surface area contributed by atoms with E-state index in [1.807, 2.05) is 7.05 Å². The zero-order chi connectivity index (χ0) is 13.2. The largest absolute Gasteiger partial charge is 0.402 e. The number of allylic oxidation sites excluding steroid dienone is 4. The Morgan fingerprint density at radius 1 is 1.37 bits per heavy atom. The van der Waals surface area contributed by atoms with Crippen molar-refractivity contribution in [1.29, 1.82) is 0 Å². The lowest BCUT2D eigenvalue weighted by Crippen LogP contribution is -2.18. The van der Waals surface area contributed by atoms with E-state index in [4.69, 9.17) is 5.73 Å². The lowest BCUT2D eigenvalue weighted by molar-refractivity contribution is 0.453. The highest BCUT2D eigenvalue weighted by Gasteiger charge is 2.32. The van der Waals surface area contributed by atoms with Crippen molar-refractivity contribution in [3.8, 4) is 0 Å². The topological polar surface area (TPSA) is 56.7 Å². The molecule has 19 heavy (non-hydrogen) atoms. The van der Waals surface area contributed by atoms with Gasteiger partial charge in [-0.05, 0) is 43.3 Å². The fraction of sp³-hybridized carbons (Fsp3) is 0.600. The molecule has 0 spiro atoms. The lowest BCUT2D eigenvalue weighted by Gasteiger charge is -2.26. The van der Waals surface area contributed by atoms with E-state index >= 15 is 0 Å². The molecule has 2 aliphatic rings. The Morgan fingerprint density at radius 2 is 2.16 bits per heavy atom. The fourth-order valence-electron chi connectivity index (χ4n) is 3.46.